The molecule has 19 heavy (non-hydrogen) atoms. The Morgan fingerprint density at radius 2 is 1.74 bits per heavy atom. The SMILES string of the molecule is Cc1ccc(/C=C2/C(=O)NC(=O)c3ccccc32)s1. The van der Waals surface area contributed by atoms with Gasteiger partial charge in [0.25, 0.3) is 11.8 Å². The van der Waals surface area contributed by atoms with Gasteiger partial charge in [-0.2, -0.15) is 0 Å². The van der Waals surface area contributed by atoms with E-state index in [-0.39, 0.29) is 11.8 Å². The molecule has 1 aliphatic heterocycles. The Hall–Kier alpha value is -2.20. The first kappa shape index (κ1) is 11.9. The highest BCUT2D eigenvalue weighted by atomic mass is 32.1. The fourth-order valence-electron chi connectivity index (χ4n) is 2.09. The zero-order valence-corrected chi connectivity index (χ0v) is 11.1. The summed E-state index contributed by atoms with van der Waals surface area (Å²) in [7, 11) is 0. The molecule has 1 aromatic heterocycles. The van der Waals surface area contributed by atoms with E-state index in [1.54, 1.807) is 29.5 Å². The maximum absolute atomic E-state index is 12.0. The number of imide groups is 1. The van der Waals surface area contributed by atoms with Crippen LogP contribution in [-0.4, -0.2) is 11.8 Å². The highest BCUT2D eigenvalue weighted by Crippen LogP contribution is 2.28. The van der Waals surface area contributed by atoms with Gasteiger partial charge in [0, 0.05) is 20.9 Å². The molecule has 0 saturated heterocycles. The van der Waals surface area contributed by atoms with E-state index in [2.05, 4.69) is 5.32 Å². The van der Waals surface area contributed by atoms with Gasteiger partial charge < -0.3 is 0 Å². The Bertz CT molecular complexity index is 712. The Morgan fingerprint density at radius 3 is 2.42 bits per heavy atom. The number of amides is 2. The summed E-state index contributed by atoms with van der Waals surface area (Å²) in [6.07, 6.45) is 1.83. The average molecular weight is 269 g/mol. The highest BCUT2D eigenvalue weighted by molar-refractivity contribution is 7.12. The molecular weight excluding hydrogens is 258 g/mol. The normalized spacial score (nSPS) is 16.4. The van der Waals surface area contributed by atoms with Crippen LogP contribution in [0.15, 0.2) is 36.4 Å². The van der Waals surface area contributed by atoms with Crippen LogP contribution < -0.4 is 5.32 Å². The van der Waals surface area contributed by atoms with Crippen molar-refractivity contribution in [3.8, 4) is 0 Å². The van der Waals surface area contributed by atoms with Crippen molar-refractivity contribution in [3.05, 3.63) is 57.3 Å². The van der Waals surface area contributed by atoms with E-state index in [4.69, 9.17) is 0 Å². The zero-order chi connectivity index (χ0) is 13.4. The second kappa shape index (κ2) is 4.48. The van der Waals surface area contributed by atoms with Crippen molar-refractivity contribution < 1.29 is 9.59 Å². The summed E-state index contributed by atoms with van der Waals surface area (Å²) in [5.41, 5.74) is 1.78. The number of nitrogens with one attached hydrogen (secondary N) is 1. The summed E-state index contributed by atoms with van der Waals surface area (Å²) < 4.78 is 0. The number of carbonyl (C=O) groups excluding carboxylic acids is 2. The average Bonchev–Trinajstić information content (AvgIpc) is 2.80. The van der Waals surface area contributed by atoms with Crippen LogP contribution in [0.1, 0.15) is 25.7 Å². The van der Waals surface area contributed by atoms with E-state index in [9.17, 15) is 9.59 Å². The number of hydrogen-bond donors (Lipinski definition) is 1. The molecule has 2 amide bonds. The lowest BCUT2D eigenvalue weighted by Gasteiger charge is -2.17. The van der Waals surface area contributed by atoms with E-state index in [0.717, 1.165) is 4.88 Å². The van der Waals surface area contributed by atoms with E-state index in [1.807, 2.05) is 31.2 Å². The number of hydrogen-bond acceptors (Lipinski definition) is 3. The summed E-state index contributed by atoms with van der Waals surface area (Å²) in [6.45, 7) is 2.02. The zero-order valence-electron chi connectivity index (χ0n) is 10.3. The van der Waals surface area contributed by atoms with Gasteiger partial charge in [-0.3, -0.25) is 14.9 Å². The minimum Gasteiger partial charge on any atom is -0.288 e. The predicted octanol–water partition coefficient (Wildman–Crippen LogP) is 2.87. The Labute approximate surface area is 114 Å². The summed E-state index contributed by atoms with van der Waals surface area (Å²) >= 11 is 1.62. The Morgan fingerprint density at radius 1 is 1.00 bits per heavy atom. The third-order valence-electron chi connectivity index (χ3n) is 2.98. The van der Waals surface area contributed by atoms with Crippen molar-refractivity contribution in [3.63, 3.8) is 0 Å². The topological polar surface area (TPSA) is 46.2 Å². The summed E-state index contributed by atoms with van der Waals surface area (Å²) in [4.78, 5) is 25.9. The van der Waals surface area contributed by atoms with Gasteiger partial charge in [0.2, 0.25) is 0 Å². The van der Waals surface area contributed by atoms with Gasteiger partial charge >= 0.3 is 0 Å². The van der Waals surface area contributed by atoms with Crippen LogP contribution in [0.25, 0.3) is 11.6 Å². The summed E-state index contributed by atoms with van der Waals surface area (Å²) in [6, 6.07) is 11.1. The first-order valence-electron chi connectivity index (χ1n) is 5.88. The molecule has 0 radical (unpaired) electrons. The van der Waals surface area contributed by atoms with Gasteiger partial charge in [-0.15, -0.1) is 11.3 Å². The quantitative estimate of drug-likeness (QED) is 0.639. The molecule has 0 fully saturated rings. The van der Waals surface area contributed by atoms with Crippen molar-refractivity contribution in [2.24, 2.45) is 0 Å². The minimum absolute atomic E-state index is 0.333. The van der Waals surface area contributed by atoms with Crippen molar-refractivity contribution in [1.82, 2.24) is 5.32 Å². The first-order valence-corrected chi connectivity index (χ1v) is 6.70. The van der Waals surface area contributed by atoms with Crippen molar-refractivity contribution in [2.45, 2.75) is 6.92 Å². The largest absolute Gasteiger partial charge is 0.288 e. The number of aryl methyl sites for hydroxylation is 1. The molecule has 0 aliphatic carbocycles. The lowest BCUT2D eigenvalue weighted by atomic mass is 9.94. The van der Waals surface area contributed by atoms with E-state index >= 15 is 0 Å². The highest BCUT2D eigenvalue weighted by Gasteiger charge is 2.26. The van der Waals surface area contributed by atoms with Crippen LogP contribution in [0.2, 0.25) is 0 Å². The van der Waals surface area contributed by atoms with Crippen LogP contribution in [0.3, 0.4) is 0 Å². The molecule has 0 bridgehead atoms. The lowest BCUT2D eigenvalue weighted by molar-refractivity contribution is -0.114. The van der Waals surface area contributed by atoms with Gasteiger partial charge in [0.1, 0.15) is 0 Å². The van der Waals surface area contributed by atoms with Crippen LogP contribution in [0.4, 0.5) is 0 Å². The molecule has 94 valence electrons. The molecule has 4 heteroatoms. The fourth-order valence-corrected chi connectivity index (χ4v) is 2.91. The molecule has 0 saturated carbocycles. The van der Waals surface area contributed by atoms with E-state index < -0.39 is 0 Å². The number of benzene rings is 1. The molecule has 0 atom stereocenters. The monoisotopic (exact) mass is 269 g/mol. The standard InChI is InChI=1S/C15H11NO2S/c1-9-6-7-10(19-9)8-13-11-4-2-3-5-12(11)14(17)16-15(13)18/h2-8H,1H3,(H,16,17,18)/b13-8+. The third kappa shape index (κ3) is 2.11. The van der Waals surface area contributed by atoms with Gasteiger partial charge in [-0.1, -0.05) is 18.2 Å². The van der Waals surface area contributed by atoms with Crippen LogP contribution in [0.5, 0.6) is 0 Å². The molecule has 2 aromatic rings. The third-order valence-corrected chi connectivity index (χ3v) is 3.93. The second-order valence-electron chi connectivity index (χ2n) is 4.34. The maximum Gasteiger partial charge on any atom is 0.258 e. The molecule has 1 N–H and O–H groups in total. The fraction of sp³-hybridized carbons (Fsp3) is 0.0667. The molecule has 0 unspecified atom stereocenters. The van der Waals surface area contributed by atoms with Gasteiger partial charge in [-0.25, -0.2) is 0 Å². The first-order chi connectivity index (χ1) is 9.15. The predicted molar refractivity (Wildman–Crippen MR) is 75.8 cm³/mol. The van der Waals surface area contributed by atoms with Crippen molar-refractivity contribution in [1.29, 1.82) is 0 Å². The molecule has 3 rings (SSSR count). The van der Waals surface area contributed by atoms with Crippen molar-refractivity contribution in [2.75, 3.05) is 0 Å². The van der Waals surface area contributed by atoms with E-state index in [1.165, 1.54) is 4.88 Å². The number of fused-ring (bicyclic) bond motifs is 1. The second-order valence-corrected chi connectivity index (χ2v) is 5.65. The molecule has 1 aromatic carbocycles. The Kier molecular flexibility index (Phi) is 2.80. The van der Waals surface area contributed by atoms with Crippen LogP contribution in [-0.2, 0) is 4.79 Å². The minimum atomic E-state index is -0.338. The molecule has 0 spiro atoms. The number of rotatable bonds is 1. The maximum atomic E-state index is 12.0. The summed E-state index contributed by atoms with van der Waals surface area (Å²) in [5, 5.41) is 2.37. The van der Waals surface area contributed by atoms with E-state index in [0.29, 0.717) is 16.7 Å². The van der Waals surface area contributed by atoms with Gasteiger partial charge in [-0.05, 0) is 36.8 Å². The molecule has 3 nitrogen and oxygen atoms in total. The van der Waals surface area contributed by atoms with Gasteiger partial charge in [0.05, 0.1) is 0 Å². The molecule has 2 heterocycles. The molecule has 1 aliphatic rings. The molecular formula is C15H11NO2S. The van der Waals surface area contributed by atoms with Crippen molar-refractivity contribution >= 4 is 34.8 Å². The number of carbonyl (C=O) groups is 2. The number of thiophene rings is 1. The van der Waals surface area contributed by atoms with Crippen LogP contribution in [0, 0.1) is 6.92 Å². The lowest BCUT2D eigenvalue weighted by Crippen LogP contribution is -2.36. The smallest absolute Gasteiger partial charge is 0.258 e. The Balaban J connectivity index is 2.15. The summed E-state index contributed by atoms with van der Waals surface area (Å²) in [5.74, 6) is -0.671. The van der Waals surface area contributed by atoms with Gasteiger partial charge in [0.15, 0.2) is 0 Å². The van der Waals surface area contributed by atoms with Crippen LogP contribution >= 0.6 is 11.3 Å².